The third kappa shape index (κ3) is 4.99. The van der Waals surface area contributed by atoms with E-state index in [0.717, 1.165) is 29.7 Å². The lowest BCUT2D eigenvalue weighted by Gasteiger charge is -2.13. The summed E-state index contributed by atoms with van der Waals surface area (Å²) < 4.78 is 17.5. The van der Waals surface area contributed by atoms with Crippen LogP contribution in [0.3, 0.4) is 0 Å². The van der Waals surface area contributed by atoms with Gasteiger partial charge in [-0.1, -0.05) is 6.07 Å². The first-order chi connectivity index (χ1) is 12.7. The molecule has 0 aromatic heterocycles. The number of benzene rings is 2. The largest absolute Gasteiger partial charge is 0.494 e. The van der Waals surface area contributed by atoms with Gasteiger partial charge in [0.1, 0.15) is 18.1 Å². The Labute approximate surface area is 161 Å². The average molecular weight is 420 g/mol. The molecule has 1 saturated heterocycles. The topological polar surface area (TPSA) is 56.8 Å². The smallest absolute Gasteiger partial charge is 0.255 e. The molecule has 0 radical (unpaired) electrons. The van der Waals surface area contributed by atoms with Gasteiger partial charge >= 0.3 is 0 Å². The highest BCUT2D eigenvalue weighted by Gasteiger charge is 2.17. The van der Waals surface area contributed by atoms with Crippen LogP contribution < -0.4 is 14.8 Å². The van der Waals surface area contributed by atoms with Crippen molar-refractivity contribution >= 4 is 27.5 Å². The van der Waals surface area contributed by atoms with Crippen molar-refractivity contribution in [3.05, 3.63) is 52.5 Å². The summed E-state index contributed by atoms with van der Waals surface area (Å²) in [4.78, 5) is 12.5. The van der Waals surface area contributed by atoms with Crippen LogP contribution in [0.15, 0.2) is 46.9 Å². The summed E-state index contributed by atoms with van der Waals surface area (Å²) in [5.74, 6) is 1.24. The van der Waals surface area contributed by atoms with Gasteiger partial charge in [-0.25, -0.2) is 0 Å². The van der Waals surface area contributed by atoms with Gasteiger partial charge in [0.05, 0.1) is 17.2 Å². The molecule has 1 unspecified atom stereocenters. The first-order valence-electron chi connectivity index (χ1n) is 8.74. The van der Waals surface area contributed by atoms with E-state index < -0.39 is 0 Å². The summed E-state index contributed by atoms with van der Waals surface area (Å²) in [5.41, 5.74) is 1.24. The highest BCUT2D eigenvalue weighted by atomic mass is 79.9. The molecule has 0 bridgehead atoms. The van der Waals surface area contributed by atoms with Crippen LogP contribution in [0.1, 0.15) is 30.1 Å². The lowest BCUT2D eigenvalue weighted by molar-refractivity contribution is 0.0677. The third-order valence-electron chi connectivity index (χ3n) is 4.05. The number of rotatable bonds is 7. The molecular weight excluding hydrogens is 398 g/mol. The first kappa shape index (κ1) is 18.7. The van der Waals surface area contributed by atoms with Crippen LogP contribution >= 0.6 is 15.9 Å². The number of halogens is 1. The Morgan fingerprint density at radius 1 is 1.27 bits per heavy atom. The highest BCUT2D eigenvalue weighted by molar-refractivity contribution is 9.10. The number of hydrogen-bond acceptors (Lipinski definition) is 4. The van der Waals surface area contributed by atoms with Crippen molar-refractivity contribution in [2.24, 2.45) is 0 Å². The van der Waals surface area contributed by atoms with E-state index in [-0.39, 0.29) is 12.0 Å². The van der Waals surface area contributed by atoms with Crippen molar-refractivity contribution in [2.75, 3.05) is 25.1 Å². The van der Waals surface area contributed by atoms with E-state index in [1.165, 1.54) is 0 Å². The van der Waals surface area contributed by atoms with Crippen molar-refractivity contribution in [1.82, 2.24) is 0 Å². The first-order valence-corrected chi connectivity index (χ1v) is 9.53. The number of amides is 1. The molecule has 1 heterocycles. The zero-order valence-electron chi connectivity index (χ0n) is 14.7. The van der Waals surface area contributed by atoms with Crippen LogP contribution in [0.25, 0.3) is 0 Å². The maximum absolute atomic E-state index is 12.5. The normalized spacial score (nSPS) is 16.3. The standard InChI is InChI=1S/C20H22BrNO4/c1-2-24-16-6-3-5-15(12-16)22-20(23)14-8-9-19(18(21)11-14)26-13-17-7-4-10-25-17/h3,5-6,8-9,11-12,17H,2,4,7,10,13H2,1H3,(H,22,23). The van der Waals surface area contributed by atoms with Crippen LogP contribution in [0.2, 0.25) is 0 Å². The molecule has 1 amide bonds. The summed E-state index contributed by atoms with van der Waals surface area (Å²) in [6, 6.07) is 12.6. The zero-order valence-corrected chi connectivity index (χ0v) is 16.3. The van der Waals surface area contributed by atoms with Crippen molar-refractivity contribution in [2.45, 2.75) is 25.9 Å². The Morgan fingerprint density at radius 3 is 2.88 bits per heavy atom. The van der Waals surface area contributed by atoms with E-state index in [1.807, 2.05) is 25.1 Å². The van der Waals surface area contributed by atoms with E-state index in [2.05, 4.69) is 21.2 Å². The van der Waals surface area contributed by atoms with Gasteiger partial charge in [0.2, 0.25) is 0 Å². The monoisotopic (exact) mass is 419 g/mol. The molecule has 1 atom stereocenters. The second kappa shape index (κ2) is 9.05. The summed E-state index contributed by atoms with van der Waals surface area (Å²) in [5, 5.41) is 2.88. The van der Waals surface area contributed by atoms with Crippen LogP contribution in [0.4, 0.5) is 5.69 Å². The molecule has 1 aliphatic heterocycles. The molecule has 138 valence electrons. The number of hydrogen-bond donors (Lipinski definition) is 1. The lowest BCUT2D eigenvalue weighted by atomic mass is 10.2. The molecule has 1 aliphatic rings. The van der Waals surface area contributed by atoms with Gasteiger partial charge in [0.15, 0.2) is 0 Å². The average Bonchev–Trinajstić information content (AvgIpc) is 3.15. The Morgan fingerprint density at radius 2 is 2.15 bits per heavy atom. The Balaban J connectivity index is 1.62. The summed E-state index contributed by atoms with van der Waals surface area (Å²) in [7, 11) is 0. The van der Waals surface area contributed by atoms with Gasteiger partial charge in [0.25, 0.3) is 5.91 Å². The quantitative estimate of drug-likeness (QED) is 0.708. The SMILES string of the molecule is CCOc1cccc(NC(=O)c2ccc(OCC3CCCO3)c(Br)c2)c1. The number of nitrogens with one attached hydrogen (secondary N) is 1. The molecule has 1 fully saturated rings. The number of anilines is 1. The van der Waals surface area contributed by atoms with E-state index >= 15 is 0 Å². The molecular formula is C20H22BrNO4. The molecule has 3 rings (SSSR count). The maximum Gasteiger partial charge on any atom is 0.255 e. The van der Waals surface area contributed by atoms with E-state index in [1.54, 1.807) is 24.3 Å². The minimum Gasteiger partial charge on any atom is -0.494 e. The summed E-state index contributed by atoms with van der Waals surface area (Å²) in [6.45, 7) is 3.83. The fraction of sp³-hybridized carbons (Fsp3) is 0.350. The van der Waals surface area contributed by atoms with E-state index in [9.17, 15) is 4.79 Å². The lowest BCUT2D eigenvalue weighted by Crippen LogP contribution is -2.16. The predicted octanol–water partition coefficient (Wildman–Crippen LogP) is 4.66. The van der Waals surface area contributed by atoms with Crippen molar-refractivity contribution in [3.63, 3.8) is 0 Å². The Hall–Kier alpha value is -2.05. The Bertz CT molecular complexity index is 759. The second-order valence-electron chi connectivity index (χ2n) is 6.01. The fourth-order valence-electron chi connectivity index (χ4n) is 2.75. The number of ether oxygens (including phenoxy) is 3. The van der Waals surface area contributed by atoms with Crippen LogP contribution in [-0.4, -0.2) is 31.8 Å². The molecule has 2 aromatic rings. The molecule has 0 aliphatic carbocycles. The minimum absolute atomic E-state index is 0.155. The van der Waals surface area contributed by atoms with Crippen LogP contribution in [0, 0.1) is 0 Å². The third-order valence-corrected chi connectivity index (χ3v) is 4.67. The van der Waals surface area contributed by atoms with Crippen molar-refractivity contribution in [3.8, 4) is 11.5 Å². The summed E-state index contributed by atoms with van der Waals surface area (Å²) in [6.07, 6.45) is 2.26. The fourth-order valence-corrected chi connectivity index (χ4v) is 3.24. The van der Waals surface area contributed by atoms with Gasteiger partial charge < -0.3 is 19.5 Å². The van der Waals surface area contributed by atoms with E-state index in [4.69, 9.17) is 14.2 Å². The molecule has 2 aromatic carbocycles. The molecule has 5 nitrogen and oxygen atoms in total. The zero-order chi connectivity index (χ0) is 18.4. The number of carbonyl (C=O) groups excluding carboxylic acids is 1. The van der Waals surface area contributed by atoms with Gasteiger partial charge in [-0.05, 0) is 66.0 Å². The summed E-state index contributed by atoms with van der Waals surface area (Å²) >= 11 is 3.48. The number of carbonyl (C=O) groups is 1. The van der Waals surface area contributed by atoms with Gasteiger partial charge in [0, 0.05) is 23.9 Å². The van der Waals surface area contributed by atoms with Crippen molar-refractivity contribution in [1.29, 1.82) is 0 Å². The molecule has 6 heteroatoms. The Kier molecular flexibility index (Phi) is 6.52. The van der Waals surface area contributed by atoms with Crippen LogP contribution in [-0.2, 0) is 4.74 Å². The second-order valence-corrected chi connectivity index (χ2v) is 6.86. The van der Waals surface area contributed by atoms with Crippen molar-refractivity contribution < 1.29 is 19.0 Å². The van der Waals surface area contributed by atoms with Gasteiger partial charge in [-0.15, -0.1) is 0 Å². The molecule has 0 spiro atoms. The minimum atomic E-state index is -0.190. The molecule has 26 heavy (non-hydrogen) atoms. The molecule has 1 N–H and O–H groups in total. The van der Waals surface area contributed by atoms with E-state index in [0.29, 0.717) is 30.2 Å². The highest BCUT2D eigenvalue weighted by Crippen LogP contribution is 2.27. The van der Waals surface area contributed by atoms with Gasteiger partial charge in [-0.3, -0.25) is 4.79 Å². The maximum atomic E-state index is 12.5. The molecule has 0 saturated carbocycles. The van der Waals surface area contributed by atoms with Gasteiger partial charge in [-0.2, -0.15) is 0 Å². The predicted molar refractivity (Wildman–Crippen MR) is 104 cm³/mol. The van der Waals surface area contributed by atoms with Crippen LogP contribution in [0.5, 0.6) is 11.5 Å².